The van der Waals surface area contributed by atoms with Crippen LogP contribution >= 0.6 is 0 Å². The molecule has 26 heavy (non-hydrogen) atoms. The molecular weight excluding hydrogens is 336 g/mol. The monoisotopic (exact) mass is 354 g/mol. The fourth-order valence-corrected chi connectivity index (χ4v) is 3.57. The number of para-hydroxylation sites is 1. The normalized spacial score (nSPS) is 16.7. The van der Waals surface area contributed by atoms with Crippen molar-refractivity contribution in [3.63, 3.8) is 0 Å². The van der Waals surface area contributed by atoms with Gasteiger partial charge in [-0.3, -0.25) is 14.9 Å². The zero-order valence-electron chi connectivity index (χ0n) is 14.3. The number of nitro benzene ring substituents is 1. The Morgan fingerprint density at radius 3 is 2.62 bits per heavy atom. The van der Waals surface area contributed by atoms with Crippen molar-refractivity contribution in [3.8, 4) is 11.5 Å². The van der Waals surface area contributed by atoms with Gasteiger partial charge in [0.05, 0.1) is 4.92 Å². The molecule has 134 valence electrons. The maximum Gasteiger partial charge on any atom is 0.285 e. The van der Waals surface area contributed by atoms with Gasteiger partial charge in [-0.2, -0.15) is 0 Å². The smallest absolute Gasteiger partial charge is 0.285 e. The molecule has 2 aromatic carbocycles. The van der Waals surface area contributed by atoms with E-state index in [0.717, 1.165) is 25.7 Å². The summed E-state index contributed by atoms with van der Waals surface area (Å²) in [5, 5.41) is 14.0. The molecule has 2 aliphatic rings. The summed E-state index contributed by atoms with van der Waals surface area (Å²) in [4.78, 5) is 23.3. The molecule has 0 atom stereocenters. The highest BCUT2D eigenvalue weighted by Crippen LogP contribution is 2.47. The van der Waals surface area contributed by atoms with Gasteiger partial charge in [0.15, 0.2) is 11.5 Å². The molecule has 2 aromatic rings. The number of nitrogens with zero attached hydrogens (tertiary/aromatic N) is 1. The highest BCUT2D eigenvalue weighted by Gasteiger charge is 2.44. The van der Waals surface area contributed by atoms with Crippen LogP contribution in [-0.2, 0) is 0 Å². The van der Waals surface area contributed by atoms with Crippen molar-refractivity contribution in [2.24, 2.45) is 0 Å². The Kier molecular flexibility index (Phi) is 3.79. The van der Waals surface area contributed by atoms with Crippen LogP contribution in [0.3, 0.4) is 0 Å². The zero-order chi connectivity index (χ0) is 18.3. The summed E-state index contributed by atoms with van der Waals surface area (Å²) in [5.74, 6) is 0.144. The maximum atomic E-state index is 12.6. The maximum absolute atomic E-state index is 12.6. The molecular formula is C19H18N2O5. The molecule has 7 nitrogen and oxygen atoms in total. The second-order valence-corrected chi connectivity index (χ2v) is 6.67. The molecule has 0 aromatic heterocycles. The van der Waals surface area contributed by atoms with E-state index in [2.05, 4.69) is 5.32 Å². The summed E-state index contributed by atoms with van der Waals surface area (Å²) < 4.78 is 11.9. The van der Waals surface area contributed by atoms with Crippen LogP contribution in [0.25, 0.3) is 0 Å². The summed E-state index contributed by atoms with van der Waals surface area (Å²) in [6.45, 7) is 1.61. The molecule has 4 rings (SSSR count). The number of nitro groups is 1. The molecule has 1 saturated carbocycles. The SMILES string of the molecule is Cc1cccc(C(=O)Nc2ccc3c(c2)OC2(CCCC2)O3)c1[N+](=O)[O-]. The van der Waals surface area contributed by atoms with Crippen molar-refractivity contribution in [3.05, 3.63) is 57.6 Å². The molecule has 0 unspecified atom stereocenters. The van der Waals surface area contributed by atoms with Gasteiger partial charge in [0.1, 0.15) is 5.56 Å². The number of fused-ring (bicyclic) bond motifs is 1. The Morgan fingerprint density at radius 2 is 1.88 bits per heavy atom. The first-order valence-corrected chi connectivity index (χ1v) is 8.55. The predicted molar refractivity (Wildman–Crippen MR) is 94.7 cm³/mol. The minimum Gasteiger partial charge on any atom is -0.448 e. The number of aryl methyl sites for hydroxylation is 1. The number of rotatable bonds is 3. The Balaban J connectivity index is 1.57. The summed E-state index contributed by atoms with van der Waals surface area (Å²) in [6.07, 6.45) is 3.82. The van der Waals surface area contributed by atoms with E-state index in [1.54, 1.807) is 37.3 Å². The van der Waals surface area contributed by atoms with E-state index in [4.69, 9.17) is 9.47 Å². The summed E-state index contributed by atoms with van der Waals surface area (Å²) in [7, 11) is 0. The average Bonchev–Trinajstić information content (AvgIpc) is 3.20. The van der Waals surface area contributed by atoms with Crippen molar-refractivity contribution in [2.45, 2.75) is 38.4 Å². The second kappa shape index (κ2) is 6.01. The average molecular weight is 354 g/mol. The van der Waals surface area contributed by atoms with E-state index in [9.17, 15) is 14.9 Å². The highest BCUT2D eigenvalue weighted by molar-refractivity contribution is 6.07. The highest BCUT2D eigenvalue weighted by atomic mass is 16.7. The molecule has 0 bridgehead atoms. The van der Waals surface area contributed by atoms with Gasteiger partial charge >= 0.3 is 0 Å². The van der Waals surface area contributed by atoms with Crippen molar-refractivity contribution >= 4 is 17.3 Å². The molecule has 0 saturated heterocycles. The lowest BCUT2D eigenvalue weighted by Gasteiger charge is -2.21. The lowest BCUT2D eigenvalue weighted by Crippen LogP contribution is -2.34. The first kappa shape index (κ1) is 16.4. The Bertz CT molecular complexity index is 903. The van der Waals surface area contributed by atoms with Gasteiger partial charge in [0.25, 0.3) is 17.4 Å². The first-order chi connectivity index (χ1) is 12.5. The number of nitrogens with one attached hydrogen (secondary N) is 1. The van der Waals surface area contributed by atoms with Crippen LogP contribution in [0.1, 0.15) is 41.6 Å². The number of hydrogen-bond donors (Lipinski definition) is 1. The molecule has 1 N–H and O–H groups in total. The van der Waals surface area contributed by atoms with E-state index < -0.39 is 16.6 Å². The molecule has 1 heterocycles. The predicted octanol–water partition coefficient (Wildman–Crippen LogP) is 4.20. The largest absolute Gasteiger partial charge is 0.448 e. The van der Waals surface area contributed by atoms with Crippen molar-refractivity contribution in [1.82, 2.24) is 0 Å². The number of amides is 1. The third-order valence-electron chi connectivity index (χ3n) is 4.82. The lowest BCUT2D eigenvalue weighted by molar-refractivity contribution is -0.385. The van der Waals surface area contributed by atoms with Gasteiger partial charge in [-0.15, -0.1) is 0 Å². The summed E-state index contributed by atoms with van der Waals surface area (Å²) >= 11 is 0. The van der Waals surface area contributed by atoms with E-state index in [1.165, 1.54) is 6.07 Å². The van der Waals surface area contributed by atoms with Crippen LogP contribution < -0.4 is 14.8 Å². The Morgan fingerprint density at radius 1 is 1.15 bits per heavy atom. The van der Waals surface area contributed by atoms with E-state index in [-0.39, 0.29) is 11.3 Å². The van der Waals surface area contributed by atoms with Gasteiger partial charge in [-0.25, -0.2) is 0 Å². The molecule has 0 radical (unpaired) electrons. The van der Waals surface area contributed by atoms with Gasteiger partial charge in [-0.1, -0.05) is 12.1 Å². The first-order valence-electron chi connectivity index (χ1n) is 8.55. The standard InChI is InChI=1S/C19H18N2O5/c1-12-5-4-6-14(17(12)21(23)24)18(22)20-13-7-8-15-16(11-13)26-19(25-15)9-2-3-10-19/h4-8,11H,2-3,9-10H2,1H3,(H,20,22). The number of benzene rings is 2. The Hall–Kier alpha value is -3.09. The van der Waals surface area contributed by atoms with E-state index >= 15 is 0 Å². The minimum absolute atomic E-state index is 0.0277. The van der Waals surface area contributed by atoms with Gasteiger partial charge in [-0.05, 0) is 38.0 Å². The lowest BCUT2D eigenvalue weighted by atomic mass is 10.1. The quantitative estimate of drug-likeness (QED) is 0.659. The van der Waals surface area contributed by atoms with Crippen molar-refractivity contribution < 1.29 is 19.2 Å². The van der Waals surface area contributed by atoms with Gasteiger partial charge in [0, 0.05) is 30.2 Å². The minimum atomic E-state index is -0.569. The number of anilines is 1. The van der Waals surface area contributed by atoms with Crippen LogP contribution in [-0.4, -0.2) is 16.6 Å². The van der Waals surface area contributed by atoms with Crippen LogP contribution in [0.2, 0.25) is 0 Å². The van der Waals surface area contributed by atoms with Crippen LogP contribution in [0, 0.1) is 17.0 Å². The molecule has 1 aliphatic heterocycles. The Labute approximate surface area is 150 Å². The van der Waals surface area contributed by atoms with E-state index in [1.807, 2.05) is 0 Å². The number of hydrogen-bond acceptors (Lipinski definition) is 5. The topological polar surface area (TPSA) is 90.7 Å². The molecule has 7 heteroatoms. The zero-order valence-corrected chi connectivity index (χ0v) is 14.3. The third-order valence-corrected chi connectivity index (χ3v) is 4.82. The summed E-state index contributed by atoms with van der Waals surface area (Å²) in [6, 6.07) is 9.83. The molecule has 1 aliphatic carbocycles. The molecule has 1 amide bonds. The van der Waals surface area contributed by atoms with Crippen LogP contribution in [0.15, 0.2) is 36.4 Å². The molecule has 1 fully saturated rings. The van der Waals surface area contributed by atoms with Crippen LogP contribution in [0.4, 0.5) is 11.4 Å². The number of carbonyl (C=O) groups excluding carboxylic acids is 1. The van der Waals surface area contributed by atoms with Crippen molar-refractivity contribution in [1.29, 1.82) is 0 Å². The van der Waals surface area contributed by atoms with Gasteiger partial charge < -0.3 is 14.8 Å². The van der Waals surface area contributed by atoms with E-state index in [0.29, 0.717) is 22.7 Å². The summed E-state index contributed by atoms with van der Waals surface area (Å²) in [5.41, 5.74) is 0.787. The number of carbonyl (C=O) groups is 1. The van der Waals surface area contributed by atoms with Crippen molar-refractivity contribution in [2.75, 3.05) is 5.32 Å². The third kappa shape index (κ3) is 2.75. The van der Waals surface area contributed by atoms with Gasteiger partial charge in [0.2, 0.25) is 0 Å². The fourth-order valence-electron chi connectivity index (χ4n) is 3.57. The number of ether oxygens (including phenoxy) is 2. The molecule has 1 spiro atoms. The fraction of sp³-hybridized carbons (Fsp3) is 0.316. The van der Waals surface area contributed by atoms with Crippen LogP contribution in [0.5, 0.6) is 11.5 Å². The second-order valence-electron chi connectivity index (χ2n) is 6.67.